The lowest BCUT2D eigenvalue weighted by Gasteiger charge is -2.19. The molecule has 1 aromatic heterocycles. The molecule has 7 nitrogen and oxygen atoms in total. The molecule has 0 aliphatic carbocycles. The van der Waals surface area contributed by atoms with Crippen LogP contribution in [0.2, 0.25) is 0 Å². The van der Waals surface area contributed by atoms with E-state index in [-0.39, 0.29) is 16.1 Å². The smallest absolute Gasteiger partial charge is 0.261 e. The first kappa shape index (κ1) is 22.2. The van der Waals surface area contributed by atoms with Crippen LogP contribution in [0, 0.1) is 5.82 Å². The fraction of sp³-hybridized carbons (Fsp3) is 0.182. The van der Waals surface area contributed by atoms with Crippen LogP contribution in [0.1, 0.15) is 24.2 Å². The molecule has 2 N–H and O–H groups in total. The Morgan fingerprint density at radius 1 is 1.00 bits per heavy atom. The van der Waals surface area contributed by atoms with Crippen molar-refractivity contribution >= 4 is 33.1 Å². The maximum atomic E-state index is 13.7. The number of hydrogen-bond donors (Lipinski definition) is 2. The van der Waals surface area contributed by atoms with Gasteiger partial charge in [0, 0.05) is 18.7 Å². The van der Waals surface area contributed by atoms with Crippen LogP contribution in [-0.2, 0) is 10.0 Å². The number of benzene rings is 2. The number of pyridine rings is 1. The van der Waals surface area contributed by atoms with Gasteiger partial charge in [-0.15, -0.1) is 0 Å². The van der Waals surface area contributed by atoms with Crippen molar-refractivity contribution in [3.05, 3.63) is 78.2 Å². The number of carbonyl (C=O) groups is 1. The quantitative estimate of drug-likeness (QED) is 0.548. The minimum Gasteiger partial charge on any atom is -0.357 e. The van der Waals surface area contributed by atoms with E-state index in [2.05, 4.69) is 19.9 Å². The Bertz CT molecular complexity index is 1150. The van der Waals surface area contributed by atoms with Gasteiger partial charge in [0.2, 0.25) is 0 Å². The number of nitrogens with zero attached hydrogens (tertiary/aromatic N) is 2. The van der Waals surface area contributed by atoms with Crippen molar-refractivity contribution < 1.29 is 17.6 Å². The largest absolute Gasteiger partial charge is 0.357 e. The first-order chi connectivity index (χ1) is 14.8. The number of sulfonamides is 1. The van der Waals surface area contributed by atoms with Crippen LogP contribution in [0.15, 0.2) is 71.8 Å². The summed E-state index contributed by atoms with van der Waals surface area (Å²) in [6.07, 6.45) is 1.57. The van der Waals surface area contributed by atoms with Crippen LogP contribution in [0.4, 0.5) is 21.6 Å². The first-order valence-electron chi connectivity index (χ1n) is 9.73. The highest BCUT2D eigenvalue weighted by Gasteiger charge is 2.17. The topological polar surface area (TPSA) is 91.4 Å². The van der Waals surface area contributed by atoms with Gasteiger partial charge in [0.15, 0.2) is 0 Å². The van der Waals surface area contributed by atoms with E-state index in [9.17, 15) is 17.6 Å². The molecule has 162 valence electrons. The van der Waals surface area contributed by atoms with Crippen LogP contribution >= 0.6 is 0 Å². The lowest BCUT2D eigenvalue weighted by atomic mass is 10.2. The number of halogens is 1. The standard InChI is InChI=1S/C22H23FN4O3S/c1-3-27(4-2)21-14-11-17(15-24-21)25-22(28)16-9-12-18(13-10-16)31(29,30)26-20-8-6-5-7-19(20)23/h5-15,26H,3-4H2,1-2H3,(H,25,28). The van der Waals surface area contributed by atoms with Gasteiger partial charge in [-0.3, -0.25) is 9.52 Å². The lowest BCUT2D eigenvalue weighted by Crippen LogP contribution is -2.22. The van der Waals surface area contributed by atoms with E-state index in [1.165, 1.54) is 42.5 Å². The second-order valence-corrected chi connectivity index (χ2v) is 8.32. The molecule has 1 amide bonds. The number of hydrogen-bond acceptors (Lipinski definition) is 5. The highest BCUT2D eigenvalue weighted by Crippen LogP contribution is 2.20. The van der Waals surface area contributed by atoms with Crippen molar-refractivity contribution in [2.45, 2.75) is 18.7 Å². The predicted octanol–water partition coefficient (Wildman–Crippen LogP) is 4.12. The molecule has 9 heteroatoms. The monoisotopic (exact) mass is 442 g/mol. The lowest BCUT2D eigenvalue weighted by molar-refractivity contribution is 0.102. The van der Waals surface area contributed by atoms with E-state index >= 15 is 0 Å². The average Bonchev–Trinajstić information content (AvgIpc) is 2.77. The molecule has 0 saturated carbocycles. The van der Waals surface area contributed by atoms with Gasteiger partial charge in [0.25, 0.3) is 15.9 Å². The summed E-state index contributed by atoms with van der Waals surface area (Å²) < 4.78 is 40.9. The number of amides is 1. The fourth-order valence-electron chi connectivity index (χ4n) is 2.93. The summed E-state index contributed by atoms with van der Waals surface area (Å²) in [5.41, 5.74) is 0.654. The van der Waals surface area contributed by atoms with E-state index in [0.717, 1.165) is 25.0 Å². The molecule has 1 heterocycles. The minimum absolute atomic E-state index is 0.0856. The molecular formula is C22H23FN4O3S. The van der Waals surface area contributed by atoms with E-state index in [0.29, 0.717) is 5.69 Å². The molecule has 31 heavy (non-hydrogen) atoms. The Kier molecular flexibility index (Phi) is 6.86. The maximum absolute atomic E-state index is 13.7. The number of nitrogens with one attached hydrogen (secondary N) is 2. The second kappa shape index (κ2) is 9.57. The van der Waals surface area contributed by atoms with Gasteiger partial charge >= 0.3 is 0 Å². The Balaban J connectivity index is 1.69. The average molecular weight is 443 g/mol. The van der Waals surface area contributed by atoms with Crippen molar-refractivity contribution in [3.63, 3.8) is 0 Å². The highest BCUT2D eigenvalue weighted by atomic mass is 32.2. The molecule has 0 fully saturated rings. The summed E-state index contributed by atoms with van der Waals surface area (Å²) >= 11 is 0. The second-order valence-electron chi connectivity index (χ2n) is 6.64. The highest BCUT2D eigenvalue weighted by molar-refractivity contribution is 7.92. The van der Waals surface area contributed by atoms with Crippen molar-refractivity contribution in [1.82, 2.24) is 4.98 Å². The molecule has 3 aromatic rings. The summed E-state index contributed by atoms with van der Waals surface area (Å²) in [5, 5.41) is 2.73. The summed E-state index contributed by atoms with van der Waals surface area (Å²) in [7, 11) is -3.99. The van der Waals surface area contributed by atoms with E-state index in [1.807, 2.05) is 19.9 Å². The number of anilines is 3. The molecule has 0 bridgehead atoms. The zero-order valence-corrected chi connectivity index (χ0v) is 18.0. The zero-order chi connectivity index (χ0) is 22.4. The Labute approximate surface area is 181 Å². The van der Waals surface area contributed by atoms with Crippen LogP contribution in [-0.4, -0.2) is 32.4 Å². The SMILES string of the molecule is CCN(CC)c1ccc(NC(=O)c2ccc(S(=O)(=O)Nc3ccccc3F)cc2)cn1. The molecule has 0 unspecified atom stereocenters. The molecule has 0 aliphatic heterocycles. The zero-order valence-electron chi connectivity index (χ0n) is 17.2. The van der Waals surface area contributed by atoms with Crippen LogP contribution in [0.5, 0.6) is 0 Å². The van der Waals surface area contributed by atoms with Crippen molar-refractivity contribution in [2.24, 2.45) is 0 Å². The van der Waals surface area contributed by atoms with Gasteiger partial charge in [-0.2, -0.15) is 0 Å². The van der Waals surface area contributed by atoms with E-state index in [1.54, 1.807) is 12.3 Å². The Hall–Kier alpha value is -3.46. The van der Waals surface area contributed by atoms with Gasteiger partial charge < -0.3 is 10.2 Å². The van der Waals surface area contributed by atoms with Crippen LogP contribution in [0.25, 0.3) is 0 Å². The molecule has 0 radical (unpaired) electrons. The van der Waals surface area contributed by atoms with Gasteiger partial charge in [0.05, 0.1) is 22.5 Å². The molecule has 0 aliphatic rings. The van der Waals surface area contributed by atoms with Gasteiger partial charge in [0.1, 0.15) is 11.6 Å². The number of carbonyl (C=O) groups excluding carboxylic acids is 1. The van der Waals surface area contributed by atoms with Crippen LogP contribution < -0.4 is 14.9 Å². The number of para-hydroxylation sites is 1. The van der Waals surface area contributed by atoms with Gasteiger partial charge in [-0.25, -0.2) is 17.8 Å². The third-order valence-electron chi connectivity index (χ3n) is 4.64. The van der Waals surface area contributed by atoms with E-state index in [4.69, 9.17) is 0 Å². The van der Waals surface area contributed by atoms with E-state index < -0.39 is 21.7 Å². The molecular weight excluding hydrogens is 419 g/mol. The Morgan fingerprint density at radius 2 is 1.68 bits per heavy atom. The number of rotatable bonds is 8. The summed E-state index contributed by atoms with van der Waals surface area (Å²) in [4.78, 5) is 18.8. The third-order valence-corrected chi connectivity index (χ3v) is 6.02. The molecule has 0 spiro atoms. The normalized spacial score (nSPS) is 11.1. The van der Waals surface area contributed by atoms with Crippen molar-refractivity contribution in [2.75, 3.05) is 28.0 Å². The Morgan fingerprint density at radius 3 is 2.26 bits per heavy atom. The van der Waals surface area contributed by atoms with Gasteiger partial charge in [-0.1, -0.05) is 12.1 Å². The molecule has 3 rings (SSSR count). The summed E-state index contributed by atoms with van der Waals surface area (Å²) in [6, 6.07) is 14.4. The van der Waals surface area contributed by atoms with Gasteiger partial charge in [-0.05, 0) is 62.4 Å². The maximum Gasteiger partial charge on any atom is 0.261 e. The fourth-order valence-corrected chi connectivity index (χ4v) is 4.00. The minimum atomic E-state index is -3.99. The molecule has 0 saturated heterocycles. The number of aromatic nitrogens is 1. The van der Waals surface area contributed by atoms with Crippen molar-refractivity contribution in [3.8, 4) is 0 Å². The van der Waals surface area contributed by atoms with Crippen molar-refractivity contribution in [1.29, 1.82) is 0 Å². The summed E-state index contributed by atoms with van der Waals surface area (Å²) in [5.74, 6) is -0.258. The predicted molar refractivity (Wildman–Crippen MR) is 119 cm³/mol. The summed E-state index contributed by atoms with van der Waals surface area (Å²) in [6.45, 7) is 5.74. The first-order valence-corrected chi connectivity index (χ1v) is 11.2. The molecule has 2 aromatic carbocycles. The van der Waals surface area contributed by atoms with Crippen LogP contribution in [0.3, 0.4) is 0 Å². The third kappa shape index (κ3) is 5.37. The molecule has 0 atom stereocenters.